The van der Waals surface area contributed by atoms with E-state index in [1.54, 1.807) is 0 Å². The third-order valence-corrected chi connectivity index (χ3v) is 2.58. The number of anilines is 1. The standard InChI is InChI=1S/C12H15ClFNO2/c1-7(2)8-4-9(14)11(17-3)5-10(8)15-12(16)6-13/h4-5,7H,6H2,1-3H3,(H,15,16). The number of carbonyl (C=O) groups is 1. The van der Waals surface area contributed by atoms with E-state index in [9.17, 15) is 9.18 Å². The van der Waals surface area contributed by atoms with E-state index in [1.165, 1.54) is 19.2 Å². The van der Waals surface area contributed by atoms with E-state index in [0.717, 1.165) is 0 Å². The van der Waals surface area contributed by atoms with Gasteiger partial charge in [-0.25, -0.2) is 4.39 Å². The van der Waals surface area contributed by atoms with Crippen molar-refractivity contribution >= 4 is 23.2 Å². The number of rotatable bonds is 4. The van der Waals surface area contributed by atoms with Crippen LogP contribution >= 0.6 is 11.6 Å². The van der Waals surface area contributed by atoms with Crippen molar-refractivity contribution in [3.8, 4) is 5.75 Å². The van der Waals surface area contributed by atoms with Crippen molar-refractivity contribution in [2.75, 3.05) is 18.3 Å². The highest BCUT2D eigenvalue weighted by molar-refractivity contribution is 6.29. The second kappa shape index (κ2) is 5.87. The molecule has 94 valence electrons. The largest absolute Gasteiger partial charge is 0.494 e. The Hall–Kier alpha value is -1.29. The molecule has 1 N–H and O–H groups in total. The summed E-state index contributed by atoms with van der Waals surface area (Å²) in [6.45, 7) is 3.83. The van der Waals surface area contributed by atoms with Gasteiger partial charge in [0.2, 0.25) is 5.91 Å². The van der Waals surface area contributed by atoms with Gasteiger partial charge in [-0.05, 0) is 17.5 Å². The highest BCUT2D eigenvalue weighted by Crippen LogP contribution is 2.31. The van der Waals surface area contributed by atoms with Gasteiger partial charge in [0.1, 0.15) is 5.88 Å². The maximum atomic E-state index is 13.5. The van der Waals surface area contributed by atoms with Crippen LogP contribution in [0.3, 0.4) is 0 Å². The summed E-state index contributed by atoms with van der Waals surface area (Å²) >= 11 is 5.42. The van der Waals surface area contributed by atoms with Crippen molar-refractivity contribution < 1.29 is 13.9 Å². The SMILES string of the molecule is COc1cc(NC(=O)CCl)c(C(C)C)cc1F. The molecule has 0 fully saturated rings. The van der Waals surface area contributed by atoms with Gasteiger partial charge in [0.25, 0.3) is 0 Å². The van der Waals surface area contributed by atoms with Crippen LogP contribution in [-0.2, 0) is 4.79 Å². The molecular weight excluding hydrogens is 245 g/mol. The molecule has 0 saturated heterocycles. The van der Waals surface area contributed by atoms with Crippen LogP contribution in [0.5, 0.6) is 5.75 Å². The zero-order valence-electron chi connectivity index (χ0n) is 10.0. The molecule has 0 aromatic heterocycles. The van der Waals surface area contributed by atoms with Crippen LogP contribution in [0.15, 0.2) is 12.1 Å². The first kappa shape index (κ1) is 13.8. The molecule has 0 aliphatic rings. The minimum atomic E-state index is -0.444. The number of ether oxygens (including phenoxy) is 1. The van der Waals surface area contributed by atoms with E-state index in [2.05, 4.69) is 5.32 Å². The maximum Gasteiger partial charge on any atom is 0.239 e. The topological polar surface area (TPSA) is 38.3 Å². The van der Waals surface area contributed by atoms with Crippen LogP contribution in [0.2, 0.25) is 0 Å². The lowest BCUT2D eigenvalue weighted by atomic mass is 10.0. The van der Waals surface area contributed by atoms with Crippen molar-refractivity contribution in [3.63, 3.8) is 0 Å². The molecule has 0 unspecified atom stereocenters. The molecule has 0 atom stereocenters. The van der Waals surface area contributed by atoms with E-state index >= 15 is 0 Å². The lowest BCUT2D eigenvalue weighted by Gasteiger charge is -2.15. The number of hydrogen-bond acceptors (Lipinski definition) is 2. The minimum Gasteiger partial charge on any atom is -0.494 e. The normalized spacial score (nSPS) is 10.5. The Kier molecular flexibility index (Phi) is 4.75. The fourth-order valence-electron chi connectivity index (χ4n) is 1.49. The summed E-state index contributed by atoms with van der Waals surface area (Å²) in [6, 6.07) is 2.84. The number of halogens is 2. The zero-order chi connectivity index (χ0) is 13.0. The third kappa shape index (κ3) is 3.33. The summed E-state index contributed by atoms with van der Waals surface area (Å²) in [5.74, 6) is -0.736. The van der Waals surface area contributed by atoms with Crippen molar-refractivity contribution in [1.82, 2.24) is 0 Å². The first-order chi connectivity index (χ1) is 7.99. The highest BCUT2D eigenvalue weighted by atomic mass is 35.5. The van der Waals surface area contributed by atoms with E-state index in [0.29, 0.717) is 11.3 Å². The number of hydrogen-bond donors (Lipinski definition) is 1. The zero-order valence-corrected chi connectivity index (χ0v) is 10.8. The summed E-state index contributed by atoms with van der Waals surface area (Å²) in [7, 11) is 1.38. The Bertz CT molecular complexity index is 421. The first-order valence-corrected chi connectivity index (χ1v) is 5.76. The monoisotopic (exact) mass is 259 g/mol. The van der Waals surface area contributed by atoms with Gasteiger partial charge in [-0.2, -0.15) is 0 Å². The third-order valence-electron chi connectivity index (χ3n) is 2.34. The Morgan fingerprint density at radius 2 is 2.18 bits per heavy atom. The number of benzene rings is 1. The van der Waals surface area contributed by atoms with Gasteiger partial charge in [0.15, 0.2) is 11.6 Å². The second-order valence-corrected chi connectivity index (χ2v) is 4.18. The van der Waals surface area contributed by atoms with Crippen LogP contribution in [-0.4, -0.2) is 18.9 Å². The molecule has 0 saturated carbocycles. The molecular formula is C12H15ClFNO2. The lowest BCUT2D eigenvalue weighted by Crippen LogP contribution is -2.14. The number of amides is 1. The van der Waals surface area contributed by atoms with Crippen molar-refractivity contribution in [3.05, 3.63) is 23.5 Å². The second-order valence-electron chi connectivity index (χ2n) is 3.91. The summed E-state index contributed by atoms with van der Waals surface area (Å²) in [5, 5.41) is 2.63. The van der Waals surface area contributed by atoms with Gasteiger partial charge < -0.3 is 10.1 Å². The Morgan fingerprint density at radius 3 is 2.65 bits per heavy atom. The van der Waals surface area contributed by atoms with Gasteiger partial charge in [0, 0.05) is 11.8 Å². The van der Waals surface area contributed by atoms with Gasteiger partial charge in [-0.15, -0.1) is 11.6 Å². The van der Waals surface area contributed by atoms with Crippen molar-refractivity contribution in [2.45, 2.75) is 19.8 Å². The van der Waals surface area contributed by atoms with Crippen LogP contribution in [0.1, 0.15) is 25.3 Å². The van der Waals surface area contributed by atoms with E-state index < -0.39 is 5.82 Å². The maximum absolute atomic E-state index is 13.5. The van der Waals surface area contributed by atoms with Gasteiger partial charge in [-0.1, -0.05) is 13.8 Å². The Morgan fingerprint density at radius 1 is 1.53 bits per heavy atom. The van der Waals surface area contributed by atoms with Crippen LogP contribution < -0.4 is 10.1 Å². The molecule has 17 heavy (non-hydrogen) atoms. The molecule has 1 amide bonds. The average molecular weight is 260 g/mol. The molecule has 0 bridgehead atoms. The number of carbonyl (C=O) groups excluding carboxylic acids is 1. The quantitative estimate of drug-likeness (QED) is 0.844. The molecule has 3 nitrogen and oxygen atoms in total. The average Bonchev–Trinajstić information content (AvgIpc) is 2.30. The van der Waals surface area contributed by atoms with E-state index in [1.807, 2.05) is 13.8 Å². The summed E-state index contributed by atoms with van der Waals surface area (Å²) in [5.41, 5.74) is 1.24. The van der Waals surface area contributed by atoms with Crippen molar-refractivity contribution in [2.24, 2.45) is 0 Å². The predicted molar refractivity (Wildman–Crippen MR) is 66.4 cm³/mol. The van der Waals surface area contributed by atoms with Crippen molar-refractivity contribution in [1.29, 1.82) is 0 Å². The molecule has 0 aliphatic heterocycles. The van der Waals surface area contributed by atoms with Gasteiger partial charge >= 0.3 is 0 Å². The van der Waals surface area contributed by atoms with E-state index in [4.69, 9.17) is 16.3 Å². The molecule has 0 heterocycles. The lowest BCUT2D eigenvalue weighted by molar-refractivity contribution is -0.113. The molecule has 1 rings (SSSR count). The van der Waals surface area contributed by atoms with Gasteiger partial charge in [0.05, 0.1) is 7.11 Å². The number of alkyl halides is 1. The number of methoxy groups -OCH3 is 1. The highest BCUT2D eigenvalue weighted by Gasteiger charge is 2.14. The Labute approximate surface area is 105 Å². The molecule has 1 aromatic carbocycles. The predicted octanol–water partition coefficient (Wildman–Crippen LogP) is 3.14. The molecule has 0 aliphatic carbocycles. The smallest absolute Gasteiger partial charge is 0.239 e. The van der Waals surface area contributed by atoms with Gasteiger partial charge in [-0.3, -0.25) is 4.79 Å². The summed E-state index contributed by atoms with van der Waals surface area (Å²) in [4.78, 5) is 11.3. The van der Waals surface area contributed by atoms with Crippen LogP contribution in [0.25, 0.3) is 0 Å². The number of nitrogens with one attached hydrogen (secondary N) is 1. The van der Waals surface area contributed by atoms with Crippen LogP contribution in [0, 0.1) is 5.82 Å². The van der Waals surface area contributed by atoms with E-state index in [-0.39, 0.29) is 23.5 Å². The fourth-order valence-corrected chi connectivity index (χ4v) is 1.56. The molecule has 1 aromatic rings. The van der Waals surface area contributed by atoms with Crippen LogP contribution in [0.4, 0.5) is 10.1 Å². The molecule has 0 spiro atoms. The minimum absolute atomic E-state index is 0.0843. The first-order valence-electron chi connectivity index (χ1n) is 5.22. The molecule has 5 heteroatoms. The Balaban J connectivity index is 3.19. The summed E-state index contributed by atoms with van der Waals surface area (Å²) < 4.78 is 18.4. The molecule has 0 radical (unpaired) electrons. The summed E-state index contributed by atoms with van der Waals surface area (Å²) in [6.07, 6.45) is 0. The fraction of sp³-hybridized carbons (Fsp3) is 0.417.